The third kappa shape index (κ3) is 2.76. The van der Waals surface area contributed by atoms with Crippen molar-refractivity contribution in [2.24, 2.45) is 0 Å². The van der Waals surface area contributed by atoms with Gasteiger partial charge in [-0.15, -0.1) is 10.2 Å². The molecule has 0 atom stereocenters. The molecule has 0 radical (unpaired) electrons. The molecule has 2 heterocycles. The fourth-order valence-electron chi connectivity index (χ4n) is 1.81. The van der Waals surface area contributed by atoms with Crippen LogP contribution in [0.4, 0.5) is 10.3 Å². The van der Waals surface area contributed by atoms with Crippen molar-refractivity contribution in [3.05, 3.63) is 66.5 Å². The molecule has 1 amide bonds. The van der Waals surface area contributed by atoms with Crippen LogP contribution in [0.5, 0.6) is 0 Å². The van der Waals surface area contributed by atoms with Gasteiger partial charge >= 0.3 is 0 Å². The van der Waals surface area contributed by atoms with Gasteiger partial charge in [-0.1, -0.05) is 18.2 Å². The minimum Gasteiger partial charge on any atom is -0.290 e. The number of para-hydroxylation sites is 1. The van der Waals surface area contributed by atoms with Crippen molar-refractivity contribution in [1.29, 1.82) is 0 Å². The normalized spacial score (nSPS) is 10.3. The number of hydrogen-bond acceptors (Lipinski definition) is 4. The van der Waals surface area contributed by atoms with Crippen LogP contribution >= 0.6 is 0 Å². The molecule has 0 fully saturated rings. The van der Waals surface area contributed by atoms with Crippen molar-refractivity contribution >= 4 is 11.9 Å². The highest BCUT2D eigenvalue weighted by Crippen LogP contribution is 2.13. The van der Waals surface area contributed by atoms with Crippen LogP contribution in [0.15, 0.2) is 55.1 Å². The second kappa shape index (κ2) is 5.49. The Hall–Kier alpha value is -3.09. The van der Waals surface area contributed by atoms with Crippen LogP contribution in [-0.4, -0.2) is 25.7 Å². The first-order valence-electron chi connectivity index (χ1n) is 6.11. The Bertz CT molecular complexity index is 772. The van der Waals surface area contributed by atoms with Gasteiger partial charge in [0.1, 0.15) is 12.1 Å². The van der Waals surface area contributed by atoms with Gasteiger partial charge in [-0.3, -0.25) is 19.7 Å². The first kappa shape index (κ1) is 12.9. The summed E-state index contributed by atoms with van der Waals surface area (Å²) in [6.07, 6.45) is 3.79. The molecule has 0 aliphatic heterocycles. The van der Waals surface area contributed by atoms with Gasteiger partial charge in [0.2, 0.25) is 5.95 Å². The van der Waals surface area contributed by atoms with Crippen molar-refractivity contribution in [2.45, 2.75) is 0 Å². The molecule has 0 aliphatic carbocycles. The average Bonchev–Trinajstić information content (AvgIpc) is 2.96. The largest absolute Gasteiger partial charge is 0.290 e. The number of pyridine rings is 1. The standard InChI is InChI=1S/C14H10FN5O/c15-11-6-10(7-16-8-11)13(21)18-14-19-17-9-20(14)12-4-2-1-3-5-12/h1-9H,(H,18,19,21). The lowest BCUT2D eigenvalue weighted by atomic mass is 10.2. The Morgan fingerprint density at radius 2 is 2.00 bits per heavy atom. The molecule has 3 rings (SSSR count). The van der Waals surface area contributed by atoms with E-state index in [-0.39, 0.29) is 11.5 Å². The topological polar surface area (TPSA) is 72.7 Å². The number of amides is 1. The SMILES string of the molecule is O=C(Nc1nncn1-c1ccccc1)c1cncc(F)c1. The minimum absolute atomic E-state index is 0.109. The van der Waals surface area contributed by atoms with Gasteiger partial charge in [-0.2, -0.15) is 0 Å². The molecule has 0 saturated heterocycles. The maximum atomic E-state index is 13.1. The zero-order valence-electron chi connectivity index (χ0n) is 10.8. The van der Waals surface area contributed by atoms with E-state index in [9.17, 15) is 9.18 Å². The van der Waals surface area contributed by atoms with E-state index in [1.165, 1.54) is 12.5 Å². The summed E-state index contributed by atoms with van der Waals surface area (Å²) in [5.74, 6) is -0.838. The molecule has 2 aromatic heterocycles. The summed E-state index contributed by atoms with van der Waals surface area (Å²) in [7, 11) is 0. The van der Waals surface area contributed by atoms with E-state index < -0.39 is 11.7 Å². The highest BCUT2D eigenvalue weighted by Gasteiger charge is 2.12. The molecule has 0 unspecified atom stereocenters. The molecule has 1 N–H and O–H groups in total. The summed E-state index contributed by atoms with van der Waals surface area (Å²) in [5.41, 5.74) is 0.910. The van der Waals surface area contributed by atoms with Crippen molar-refractivity contribution in [1.82, 2.24) is 19.7 Å². The van der Waals surface area contributed by atoms with Crippen molar-refractivity contribution in [3.8, 4) is 5.69 Å². The molecule has 0 spiro atoms. The molecule has 1 aromatic carbocycles. The number of carbonyl (C=O) groups excluding carboxylic acids is 1. The number of nitrogens with zero attached hydrogens (tertiary/aromatic N) is 4. The number of nitrogens with one attached hydrogen (secondary N) is 1. The van der Waals surface area contributed by atoms with Gasteiger partial charge in [0.25, 0.3) is 5.91 Å². The second-order valence-corrected chi connectivity index (χ2v) is 4.21. The van der Waals surface area contributed by atoms with E-state index in [4.69, 9.17) is 0 Å². The molecule has 0 bridgehead atoms. The number of aromatic nitrogens is 4. The summed E-state index contributed by atoms with van der Waals surface area (Å²) >= 11 is 0. The Labute approximate surface area is 119 Å². The lowest BCUT2D eigenvalue weighted by Gasteiger charge is -2.07. The molecule has 0 aliphatic rings. The van der Waals surface area contributed by atoms with Crippen LogP contribution in [0.3, 0.4) is 0 Å². The Morgan fingerprint density at radius 3 is 2.76 bits per heavy atom. The van der Waals surface area contributed by atoms with Crippen LogP contribution in [0.25, 0.3) is 5.69 Å². The molecule has 21 heavy (non-hydrogen) atoms. The van der Waals surface area contributed by atoms with Gasteiger partial charge < -0.3 is 0 Å². The predicted octanol–water partition coefficient (Wildman–Crippen LogP) is 2.05. The van der Waals surface area contributed by atoms with Crippen LogP contribution in [0, 0.1) is 5.82 Å². The fourth-order valence-corrected chi connectivity index (χ4v) is 1.81. The number of hydrogen-bond donors (Lipinski definition) is 1. The number of carbonyl (C=O) groups is 1. The van der Waals surface area contributed by atoms with Gasteiger partial charge in [-0.05, 0) is 18.2 Å². The maximum Gasteiger partial charge on any atom is 0.259 e. The van der Waals surface area contributed by atoms with Crippen LogP contribution < -0.4 is 5.32 Å². The summed E-state index contributed by atoms with van der Waals surface area (Å²) in [6.45, 7) is 0. The van der Waals surface area contributed by atoms with E-state index in [0.717, 1.165) is 18.0 Å². The first-order valence-corrected chi connectivity index (χ1v) is 6.11. The molecular weight excluding hydrogens is 273 g/mol. The quantitative estimate of drug-likeness (QED) is 0.798. The Kier molecular flexibility index (Phi) is 3.38. The fraction of sp³-hybridized carbons (Fsp3) is 0. The molecule has 3 aromatic rings. The summed E-state index contributed by atoms with van der Waals surface area (Å²) in [4.78, 5) is 15.7. The van der Waals surface area contributed by atoms with Gasteiger partial charge in [0.15, 0.2) is 0 Å². The highest BCUT2D eigenvalue weighted by molar-refractivity contribution is 6.03. The van der Waals surface area contributed by atoms with E-state index in [1.54, 1.807) is 4.57 Å². The molecule has 7 heteroatoms. The van der Waals surface area contributed by atoms with E-state index in [2.05, 4.69) is 20.5 Å². The third-order valence-electron chi connectivity index (χ3n) is 2.77. The molecular formula is C14H10FN5O. The van der Waals surface area contributed by atoms with Crippen LogP contribution in [0.1, 0.15) is 10.4 Å². The Morgan fingerprint density at radius 1 is 1.19 bits per heavy atom. The third-order valence-corrected chi connectivity index (χ3v) is 2.77. The maximum absolute atomic E-state index is 13.1. The monoisotopic (exact) mass is 283 g/mol. The minimum atomic E-state index is -0.577. The smallest absolute Gasteiger partial charge is 0.259 e. The number of halogens is 1. The molecule has 6 nitrogen and oxygen atoms in total. The van der Waals surface area contributed by atoms with Crippen molar-refractivity contribution in [3.63, 3.8) is 0 Å². The van der Waals surface area contributed by atoms with Gasteiger partial charge in [0.05, 0.1) is 17.4 Å². The first-order chi connectivity index (χ1) is 10.2. The van der Waals surface area contributed by atoms with Gasteiger partial charge in [0, 0.05) is 6.20 Å². The van der Waals surface area contributed by atoms with E-state index in [0.29, 0.717) is 0 Å². The van der Waals surface area contributed by atoms with Gasteiger partial charge in [-0.25, -0.2) is 4.39 Å². The number of rotatable bonds is 3. The lowest BCUT2D eigenvalue weighted by molar-refractivity contribution is 0.102. The highest BCUT2D eigenvalue weighted by atomic mass is 19.1. The molecule has 104 valence electrons. The summed E-state index contributed by atoms with van der Waals surface area (Å²) in [5, 5.41) is 10.2. The van der Waals surface area contributed by atoms with Crippen LogP contribution in [0.2, 0.25) is 0 Å². The predicted molar refractivity (Wildman–Crippen MR) is 73.5 cm³/mol. The average molecular weight is 283 g/mol. The Balaban J connectivity index is 1.87. The number of anilines is 1. The van der Waals surface area contributed by atoms with E-state index in [1.807, 2.05) is 30.3 Å². The zero-order chi connectivity index (χ0) is 14.7. The van der Waals surface area contributed by atoms with Crippen molar-refractivity contribution < 1.29 is 9.18 Å². The summed E-state index contributed by atoms with van der Waals surface area (Å²) in [6, 6.07) is 10.4. The van der Waals surface area contributed by atoms with Crippen LogP contribution in [-0.2, 0) is 0 Å². The number of benzene rings is 1. The second-order valence-electron chi connectivity index (χ2n) is 4.21. The zero-order valence-corrected chi connectivity index (χ0v) is 10.8. The van der Waals surface area contributed by atoms with Crippen molar-refractivity contribution in [2.75, 3.05) is 5.32 Å². The lowest BCUT2D eigenvalue weighted by Crippen LogP contribution is -2.15. The van der Waals surface area contributed by atoms with E-state index >= 15 is 0 Å². The summed E-state index contributed by atoms with van der Waals surface area (Å²) < 4.78 is 14.7. The molecule has 0 saturated carbocycles.